The van der Waals surface area contributed by atoms with Crippen LogP contribution in [0.4, 0.5) is 11.4 Å². The average Bonchev–Trinajstić information content (AvgIpc) is 2.83. The summed E-state index contributed by atoms with van der Waals surface area (Å²) < 4.78 is 0. The monoisotopic (exact) mass is 476 g/mol. The van der Waals surface area contributed by atoms with E-state index >= 15 is 0 Å². The van der Waals surface area contributed by atoms with Crippen LogP contribution in [0.1, 0.15) is 29.7 Å². The lowest BCUT2D eigenvalue weighted by Gasteiger charge is -2.16. The molecule has 1 aliphatic rings. The number of rotatable bonds is 7. The predicted molar refractivity (Wildman–Crippen MR) is 129 cm³/mol. The highest BCUT2D eigenvalue weighted by atomic mass is 32.2. The number of hydrogen-bond donors (Lipinski definition) is 1. The first-order chi connectivity index (χ1) is 16.0. The first-order valence-corrected chi connectivity index (χ1v) is 12.2. The van der Waals surface area contributed by atoms with Gasteiger partial charge in [0.25, 0.3) is 5.69 Å². The summed E-state index contributed by atoms with van der Waals surface area (Å²) >= 11 is 2.76. The van der Waals surface area contributed by atoms with E-state index in [1.807, 2.05) is 30.3 Å². The highest BCUT2D eigenvalue weighted by Crippen LogP contribution is 2.30. The van der Waals surface area contributed by atoms with E-state index in [-0.39, 0.29) is 17.3 Å². The van der Waals surface area contributed by atoms with Crippen molar-refractivity contribution >= 4 is 40.8 Å². The number of carbonyl (C=O) groups excluding carboxylic acids is 1. The van der Waals surface area contributed by atoms with Crippen molar-refractivity contribution in [1.29, 1.82) is 5.26 Å². The van der Waals surface area contributed by atoms with Gasteiger partial charge in [-0.15, -0.1) is 0 Å². The van der Waals surface area contributed by atoms with E-state index < -0.39 is 4.92 Å². The maximum absolute atomic E-state index is 12.4. The maximum Gasteiger partial charge on any atom is 0.269 e. The molecule has 0 spiro atoms. The summed E-state index contributed by atoms with van der Waals surface area (Å²) in [6, 6.07) is 17.9. The van der Waals surface area contributed by atoms with Gasteiger partial charge in [-0.3, -0.25) is 14.9 Å². The first-order valence-electron chi connectivity index (χ1n) is 10.4. The second-order valence-electron chi connectivity index (χ2n) is 7.48. The molecule has 9 heteroatoms. The van der Waals surface area contributed by atoms with E-state index in [4.69, 9.17) is 0 Å². The van der Waals surface area contributed by atoms with Gasteiger partial charge in [0.2, 0.25) is 5.91 Å². The van der Waals surface area contributed by atoms with Crippen molar-refractivity contribution in [3.8, 4) is 6.07 Å². The molecule has 166 valence electrons. The van der Waals surface area contributed by atoms with Gasteiger partial charge in [0.15, 0.2) is 0 Å². The predicted octanol–water partition coefficient (Wildman–Crippen LogP) is 5.62. The number of nitro benzene ring substituents is 1. The van der Waals surface area contributed by atoms with Crippen LogP contribution in [-0.2, 0) is 17.6 Å². The standard InChI is InChI=1S/C24H20N4O3S2/c25-14-17-13-16-3-1-2-4-22(16)27-24(17)32-15-23(29)26-18-5-9-20(10-6-18)33-21-11-7-19(8-12-21)28(30)31/h5-13H,1-4,15H2,(H,26,29). The number of nitriles is 1. The van der Waals surface area contributed by atoms with E-state index in [2.05, 4.69) is 16.4 Å². The number of nitrogens with one attached hydrogen (secondary N) is 1. The number of aromatic nitrogens is 1. The lowest BCUT2D eigenvalue weighted by Crippen LogP contribution is -2.14. The number of carbonyl (C=O) groups is 1. The first kappa shape index (κ1) is 22.8. The Bertz CT molecular complexity index is 1220. The zero-order chi connectivity index (χ0) is 23.2. The number of hydrogen-bond acceptors (Lipinski definition) is 7. The Hall–Kier alpha value is -3.35. The van der Waals surface area contributed by atoms with Crippen molar-refractivity contribution in [3.63, 3.8) is 0 Å². The number of nitro groups is 1. The van der Waals surface area contributed by atoms with Gasteiger partial charge in [0, 0.05) is 33.3 Å². The lowest BCUT2D eigenvalue weighted by atomic mass is 9.95. The van der Waals surface area contributed by atoms with Crippen molar-refractivity contribution in [2.45, 2.75) is 40.5 Å². The molecule has 33 heavy (non-hydrogen) atoms. The normalized spacial score (nSPS) is 12.5. The van der Waals surface area contributed by atoms with Crippen molar-refractivity contribution in [3.05, 3.63) is 81.5 Å². The van der Waals surface area contributed by atoms with Crippen LogP contribution in [0.3, 0.4) is 0 Å². The summed E-state index contributed by atoms with van der Waals surface area (Å²) in [4.78, 5) is 29.3. The van der Waals surface area contributed by atoms with Gasteiger partial charge in [-0.2, -0.15) is 5.26 Å². The number of amides is 1. The smallest absolute Gasteiger partial charge is 0.269 e. The van der Waals surface area contributed by atoms with Gasteiger partial charge in [-0.05, 0) is 73.7 Å². The molecule has 0 atom stereocenters. The minimum Gasteiger partial charge on any atom is -0.325 e. The van der Waals surface area contributed by atoms with Crippen LogP contribution >= 0.6 is 23.5 Å². The van der Waals surface area contributed by atoms with Crippen molar-refractivity contribution in [2.75, 3.05) is 11.1 Å². The Balaban J connectivity index is 1.33. The summed E-state index contributed by atoms with van der Waals surface area (Å²) in [5.41, 5.74) is 3.46. The molecule has 3 aromatic rings. The molecule has 4 rings (SSSR count). The number of non-ortho nitro benzene ring substituents is 1. The second-order valence-corrected chi connectivity index (χ2v) is 9.59. The third kappa shape index (κ3) is 5.92. The molecule has 1 heterocycles. The molecule has 0 radical (unpaired) electrons. The molecule has 0 saturated carbocycles. The molecular formula is C24H20N4O3S2. The molecule has 1 amide bonds. The van der Waals surface area contributed by atoms with E-state index in [1.54, 1.807) is 12.1 Å². The summed E-state index contributed by atoms with van der Waals surface area (Å²) in [5.74, 6) is -0.000992. The molecule has 1 N–H and O–H groups in total. The van der Waals surface area contributed by atoms with Crippen LogP contribution in [0.5, 0.6) is 0 Å². The van der Waals surface area contributed by atoms with Crippen LogP contribution in [-0.4, -0.2) is 21.6 Å². The quantitative estimate of drug-likeness (QED) is 0.268. The number of thioether (sulfide) groups is 1. The molecule has 0 fully saturated rings. The summed E-state index contributed by atoms with van der Waals surface area (Å²) in [6.45, 7) is 0. The van der Waals surface area contributed by atoms with Crippen molar-refractivity contribution in [2.24, 2.45) is 0 Å². The topological polar surface area (TPSA) is 109 Å². The van der Waals surface area contributed by atoms with Gasteiger partial charge in [-0.1, -0.05) is 23.5 Å². The SMILES string of the molecule is N#Cc1cc2c(nc1SCC(=O)Nc1ccc(Sc3ccc([N+](=O)[O-])cc3)cc1)CCCC2. The van der Waals surface area contributed by atoms with Gasteiger partial charge in [0.05, 0.1) is 16.2 Å². The van der Waals surface area contributed by atoms with Crippen LogP contribution in [0.15, 0.2) is 69.4 Å². The molecule has 1 aliphatic carbocycles. The molecule has 0 bridgehead atoms. The molecule has 0 saturated heterocycles. The van der Waals surface area contributed by atoms with Gasteiger partial charge in [0.1, 0.15) is 11.1 Å². The van der Waals surface area contributed by atoms with E-state index in [1.165, 1.54) is 35.7 Å². The lowest BCUT2D eigenvalue weighted by molar-refractivity contribution is -0.384. The van der Waals surface area contributed by atoms with Gasteiger partial charge in [-0.25, -0.2) is 4.98 Å². The Morgan fingerprint density at radius 2 is 1.76 bits per heavy atom. The Morgan fingerprint density at radius 1 is 1.09 bits per heavy atom. The number of anilines is 1. The number of aryl methyl sites for hydroxylation is 2. The Labute approximate surface area is 199 Å². The highest BCUT2D eigenvalue weighted by Gasteiger charge is 2.16. The maximum atomic E-state index is 12.4. The summed E-state index contributed by atoms with van der Waals surface area (Å²) in [6.07, 6.45) is 4.11. The highest BCUT2D eigenvalue weighted by molar-refractivity contribution is 8.00. The third-order valence-corrected chi connectivity index (χ3v) is 7.15. The molecule has 0 aliphatic heterocycles. The Kier molecular flexibility index (Phi) is 7.27. The fourth-order valence-electron chi connectivity index (χ4n) is 3.51. The van der Waals surface area contributed by atoms with Crippen LogP contribution in [0, 0.1) is 21.4 Å². The minimum atomic E-state index is -0.424. The van der Waals surface area contributed by atoms with E-state index in [0.717, 1.165) is 46.7 Å². The van der Waals surface area contributed by atoms with Crippen LogP contribution in [0.2, 0.25) is 0 Å². The fourth-order valence-corrected chi connectivity index (χ4v) is 5.11. The number of pyridine rings is 1. The Morgan fingerprint density at radius 3 is 2.42 bits per heavy atom. The van der Waals surface area contributed by atoms with Gasteiger partial charge < -0.3 is 5.32 Å². The molecule has 2 aromatic carbocycles. The summed E-state index contributed by atoms with van der Waals surface area (Å²) in [5, 5.41) is 23.7. The van der Waals surface area contributed by atoms with Gasteiger partial charge >= 0.3 is 0 Å². The second kappa shape index (κ2) is 10.5. The number of benzene rings is 2. The fraction of sp³-hybridized carbons (Fsp3) is 0.208. The molecule has 1 aromatic heterocycles. The zero-order valence-electron chi connectivity index (χ0n) is 17.6. The van der Waals surface area contributed by atoms with Crippen LogP contribution in [0.25, 0.3) is 0 Å². The van der Waals surface area contributed by atoms with Crippen molar-refractivity contribution in [1.82, 2.24) is 4.98 Å². The minimum absolute atomic E-state index is 0.0581. The van der Waals surface area contributed by atoms with Crippen molar-refractivity contribution < 1.29 is 9.72 Å². The molecule has 7 nitrogen and oxygen atoms in total. The summed E-state index contributed by atoms with van der Waals surface area (Å²) in [7, 11) is 0. The number of fused-ring (bicyclic) bond motifs is 1. The third-order valence-electron chi connectivity index (χ3n) is 5.15. The van der Waals surface area contributed by atoms with Crippen LogP contribution < -0.4 is 5.32 Å². The van der Waals surface area contributed by atoms with E-state index in [9.17, 15) is 20.2 Å². The molecular weight excluding hydrogens is 456 g/mol. The van der Waals surface area contributed by atoms with E-state index in [0.29, 0.717) is 16.3 Å². The zero-order valence-corrected chi connectivity index (χ0v) is 19.2. The average molecular weight is 477 g/mol. The number of nitrogens with zero attached hydrogens (tertiary/aromatic N) is 3. The molecule has 0 unspecified atom stereocenters. The largest absolute Gasteiger partial charge is 0.325 e.